The van der Waals surface area contributed by atoms with Crippen LogP contribution in [0.15, 0.2) is 18.2 Å². The van der Waals surface area contributed by atoms with Crippen LogP contribution in [-0.4, -0.2) is 51.9 Å². The number of hydrogen-bond acceptors (Lipinski definition) is 5. The van der Waals surface area contributed by atoms with Crippen molar-refractivity contribution in [3.8, 4) is 5.75 Å². The minimum Gasteiger partial charge on any atom is -0.492 e. The van der Waals surface area contributed by atoms with Gasteiger partial charge in [-0.3, -0.25) is 0 Å². The number of rotatable bonds is 9. The Balaban J connectivity index is 2.42. The van der Waals surface area contributed by atoms with Crippen molar-refractivity contribution in [3.63, 3.8) is 0 Å². The third-order valence-electron chi connectivity index (χ3n) is 2.85. The average Bonchev–Trinajstić information content (AvgIpc) is 2.41. The van der Waals surface area contributed by atoms with E-state index in [0.717, 1.165) is 37.7 Å². The van der Waals surface area contributed by atoms with Crippen molar-refractivity contribution in [1.82, 2.24) is 4.90 Å². The lowest BCUT2D eigenvalue weighted by atomic mass is 10.2. The van der Waals surface area contributed by atoms with Crippen molar-refractivity contribution in [2.45, 2.75) is 6.92 Å². The predicted molar refractivity (Wildman–Crippen MR) is 79.9 cm³/mol. The van der Waals surface area contributed by atoms with Crippen molar-refractivity contribution >= 4 is 11.4 Å². The fourth-order valence-electron chi connectivity index (χ4n) is 1.72. The van der Waals surface area contributed by atoms with Gasteiger partial charge in [0.25, 0.3) is 0 Å². The van der Waals surface area contributed by atoms with Gasteiger partial charge in [0.1, 0.15) is 5.75 Å². The third kappa shape index (κ3) is 5.36. The Morgan fingerprint density at radius 3 is 2.79 bits per heavy atom. The number of likely N-dealkylation sites (N-methyl/N-ethyl adjacent to an activating group) is 1. The predicted octanol–water partition coefficient (Wildman–Crippen LogP) is 1.66. The highest BCUT2D eigenvalue weighted by atomic mass is 16.5. The van der Waals surface area contributed by atoms with E-state index in [1.54, 1.807) is 7.11 Å². The second kappa shape index (κ2) is 8.61. The number of methoxy groups -OCH3 is 1. The Bertz CT molecular complexity index is 372. The number of para-hydroxylation sites is 1. The molecule has 0 unspecified atom stereocenters. The molecule has 1 rings (SSSR count). The molecule has 0 atom stereocenters. The molecule has 0 saturated heterocycles. The Morgan fingerprint density at radius 1 is 1.32 bits per heavy atom. The monoisotopic (exact) mass is 267 g/mol. The zero-order valence-electron chi connectivity index (χ0n) is 12.1. The summed E-state index contributed by atoms with van der Waals surface area (Å²) in [6.07, 6.45) is 0. The van der Waals surface area contributed by atoms with E-state index >= 15 is 0 Å². The van der Waals surface area contributed by atoms with E-state index in [0.29, 0.717) is 12.3 Å². The molecule has 1 aromatic rings. The fourth-order valence-corrected chi connectivity index (χ4v) is 1.72. The average molecular weight is 267 g/mol. The molecule has 5 heteroatoms. The first-order valence-electron chi connectivity index (χ1n) is 6.61. The van der Waals surface area contributed by atoms with Crippen molar-refractivity contribution < 1.29 is 9.47 Å². The first-order valence-corrected chi connectivity index (χ1v) is 6.61. The van der Waals surface area contributed by atoms with E-state index in [1.807, 2.05) is 25.1 Å². The second-order valence-electron chi connectivity index (χ2n) is 4.37. The van der Waals surface area contributed by atoms with E-state index in [4.69, 9.17) is 15.2 Å². The molecule has 0 aliphatic carbocycles. The van der Waals surface area contributed by atoms with E-state index in [9.17, 15) is 0 Å². The van der Waals surface area contributed by atoms with Gasteiger partial charge in [-0.25, -0.2) is 0 Å². The molecule has 0 amide bonds. The number of hydrogen-bond donors (Lipinski definition) is 2. The van der Waals surface area contributed by atoms with Gasteiger partial charge in [0.2, 0.25) is 0 Å². The summed E-state index contributed by atoms with van der Waals surface area (Å²) >= 11 is 0. The quantitative estimate of drug-likeness (QED) is 0.666. The molecule has 3 N–H and O–H groups in total. The molecule has 108 valence electrons. The van der Waals surface area contributed by atoms with Crippen molar-refractivity contribution in [2.75, 3.05) is 58.1 Å². The zero-order chi connectivity index (χ0) is 14.1. The normalized spacial score (nSPS) is 10.7. The number of nitrogens with zero attached hydrogens (tertiary/aromatic N) is 1. The number of nitrogen functional groups attached to an aromatic ring is 1. The van der Waals surface area contributed by atoms with Crippen molar-refractivity contribution in [1.29, 1.82) is 0 Å². The van der Waals surface area contributed by atoms with Crippen molar-refractivity contribution in [3.05, 3.63) is 18.2 Å². The molecule has 0 aliphatic heterocycles. The van der Waals surface area contributed by atoms with Gasteiger partial charge in [-0.2, -0.15) is 0 Å². The topological polar surface area (TPSA) is 59.8 Å². The van der Waals surface area contributed by atoms with Gasteiger partial charge in [0.05, 0.1) is 24.6 Å². The molecule has 0 aliphatic rings. The Morgan fingerprint density at radius 2 is 2.11 bits per heavy atom. The maximum absolute atomic E-state index is 6.05. The van der Waals surface area contributed by atoms with E-state index < -0.39 is 0 Å². The summed E-state index contributed by atoms with van der Waals surface area (Å²) in [5.74, 6) is 0.736. The first kappa shape index (κ1) is 15.6. The fraction of sp³-hybridized carbons (Fsp3) is 0.571. The standard InChI is InChI=1S/C14H25N3O2/c1-4-19-13-7-5-6-12(14(13)15)16-8-9-17(2)10-11-18-3/h5-7,16H,4,8-11,15H2,1-3H3. The second-order valence-corrected chi connectivity index (χ2v) is 4.37. The van der Waals surface area contributed by atoms with Gasteiger partial charge < -0.3 is 25.4 Å². The molecule has 19 heavy (non-hydrogen) atoms. The van der Waals surface area contributed by atoms with Crippen LogP contribution in [0.5, 0.6) is 5.75 Å². The summed E-state index contributed by atoms with van der Waals surface area (Å²) in [7, 11) is 3.78. The van der Waals surface area contributed by atoms with Gasteiger partial charge in [-0.15, -0.1) is 0 Å². The molecule has 0 spiro atoms. The van der Waals surface area contributed by atoms with Gasteiger partial charge in [0.15, 0.2) is 0 Å². The number of nitrogens with two attached hydrogens (primary N) is 1. The molecule has 1 aromatic carbocycles. The van der Waals surface area contributed by atoms with Crippen LogP contribution in [0, 0.1) is 0 Å². The lowest BCUT2D eigenvalue weighted by Crippen LogP contribution is -2.28. The zero-order valence-corrected chi connectivity index (χ0v) is 12.1. The number of ether oxygens (including phenoxy) is 2. The van der Waals surface area contributed by atoms with Crippen LogP contribution >= 0.6 is 0 Å². The summed E-state index contributed by atoms with van der Waals surface area (Å²) < 4.78 is 10.5. The summed E-state index contributed by atoms with van der Waals surface area (Å²) in [5, 5.41) is 3.33. The molecular formula is C14H25N3O2. The van der Waals surface area contributed by atoms with Crippen LogP contribution in [0.2, 0.25) is 0 Å². The molecule has 0 bridgehead atoms. The third-order valence-corrected chi connectivity index (χ3v) is 2.85. The minimum absolute atomic E-state index is 0.618. The summed E-state index contributed by atoms with van der Waals surface area (Å²) in [5.41, 5.74) is 7.64. The lowest BCUT2D eigenvalue weighted by Gasteiger charge is -2.18. The molecule has 0 heterocycles. The maximum atomic E-state index is 6.05. The summed E-state index contributed by atoms with van der Waals surface area (Å²) in [4.78, 5) is 2.21. The molecular weight excluding hydrogens is 242 g/mol. The Hall–Kier alpha value is -1.46. The van der Waals surface area contributed by atoms with Crippen LogP contribution in [0.25, 0.3) is 0 Å². The van der Waals surface area contributed by atoms with Gasteiger partial charge in [0, 0.05) is 26.7 Å². The number of nitrogens with one attached hydrogen (secondary N) is 1. The van der Waals surface area contributed by atoms with Crippen LogP contribution in [0.3, 0.4) is 0 Å². The highest BCUT2D eigenvalue weighted by Gasteiger charge is 2.05. The van der Waals surface area contributed by atoms with Crippen molar-refractivity contribution in [2.24, 2.45) is 0 Å². The van der Waals surface area contributed by atoms with E-state index in [-0.39, 0.29) is 0 Å². The molecule has 0 fully saturated rings. The Kier molecular flexibility index (Phi) is 7.07. The first-order chi connectivity index (χ1) is 9.19. The maximum Gasteiger partial charge on any atom is 0.144 e. The van der Waals surface area contributed by atoms with Gasteiger partial charge in [-0.05, 0) is 26.1 Å². The van der Waals surface area contributed by atoms with Gasteiger partial charge >= 0.3 is 0 Å². The SMILES string of the molecule is CCOc1cccc(NCCN(C)CCOC)c1N. The van der Waals surface area contributed by atoms with Crippen LogP contribution in [0.4, 0.5) is 11.4 Å². The highest BCUT2D eigenvalue weighted by molar-refractivity contribution is 5.72. The molecule has 0 radical (unpaired) electrons. The van der Waals surface area contributed by atoms with Crippen LogP contribution in [-0.2, 0) is 4.74 Å². The van der Waals surface area contributed by atoms with E-state index in [1.165, 1.54) is 0 Å². The molecule has 5 nitrogen and oxygen atoms in total. The van der Waals surface area contributed by atoms with Crippen LogP contribution < -0.4 is 15.8 Å². The van der Waals surface area contributed by atoms with Crippen LogP contribution in [0.1, 0.15) is 6.92 Å². The van der Waals surface area contributed by atoms with Gasteiger partial charge in [-0.1, -0.05) is 6.07 Å². The minimum atomic E-state index is 0.618. The largest absolute Gasteiger partial charge is 0.492 e. The lowest BCUT2D eigenvalue weighted by molar-refractivity contribution is 0.163. The smallest absolute Gasteiger partial charge is 0.144 e. The summed E-state index contributed by atoms with van der Waals surface area (Å²) in [6, 6.07) is 5.79. The highest BCUT2D eigenvalue weighted by Crippen LogP contribution is 2.29. The number of anilines is 2. The molecule has 0 aromatic heterocycles. The summed E-state index contributed by atoms with van der Waals surface area (Å²) in [6.45, 7) is 6.00. The number of benzene rings is 1. The Labute approximate surface area is 115 Å². The molecule has 0 saturated carbocycles. The van der Waals surface area contributed by atoms with E-state index in [2.05, 4.69) is 17.3 Å².